The highest BCUT2D eigenvalue weighted by Gasteiger charge is 2.15. The molecule has 0 aliphatic rings. The van der Waals surface area contributed by atoms with Crippen LogP contribution in [0.1, 0.15) is 34.6 Å². The summed E-state index contributed by atoms with van der Waals surface area (Å²) in [6, 6.07) is 23.9. The van der Waals surface area contributed by atoms with E-state index < -0.39 is 6.04 Å². The average Bonchev–Trinajstić information content (AvgIpc) is 2.91. The molecule has 0 aliphatic carbocycles. The van der Waals surface area contributed by atoms with Crippen molar-refractivity contribution in [2.45, 2.75) is 19.5 Å². The number of nitrogens with zero attached hydrogens (tertiary/aromatic N) is 4. The van der Waals surface area contributed by atoms with Crippen molar-refractivity contribution in [2.75, 3.05) is 12.8 Å². The van der Waals surface area contributed by atoms with E-state index in [0.29, 0.717) is 29.2 Å². The Morgan fingerprint density at radius 1 is 1.06 bits per heavy atom. The van der Waals surface area contributed by atoms with Crippen LogP contribution in [0.15, 0.2) is 95.3 Å². The van der Waals surface area contributed by atoms with Crippen molar-refractivity contribution < 1.29 is 9.53 Å². The van der Waals surface area contributed by atoms with Crippen LogP contribution in [0.4, 0.5) is 11.5 Å². The van der Waals surface area contributed by atoms with E-state index in [0.717, 1.165) is 16.9 Å². The predicted molar refractivity (Wildman–Crippen MR) is 135 cm³/mol. The lowest BCUT2D eigenvalue weighted by molar-refractivity contribution is 0.0951. The summed E-state index contributed by atoms with van der Waals surface area (Å²) >= 11 is 0. The van der Waals surface area contributed by atoms with Gasteiger partial charge in [0, 0.05) is 17.7 Å². The number of benzene rings is 3. The zero-order valence-electron chi connectivity index (χ0n) is 19.6. The van der Waals surface area contributed by atoms with Gasteiger partial charge in [0.2, 0.25) is 0 Å². The highest BCUT2D eigenvalue weighted by molar-refractivity contribution is 5.95. The molecule has 0 spiro atoms. The summed E-state index contributed by atoms with van der Waals surface area (Å²) in [6.45, 7) is 2.30. The average molecular weight is 467 g/mol. The maximum absolute atomic E-state index is 12.7. The summed E-state index contributed by atoms with van der Waals surface area (Å²) in [5, 5.41) is 11.6. The Bertz CT molecular complexity index is 1320. The van der Waals surface area contributed by atoms with Crippen LogP contribution in [0.5, 0.6) is 5.75 Å². The van der Waals surface area contributed by atoms with Crippen LogP contribution < -0.4 is 15.8 Å². The molecule has 4 aromatic rings. The van der Waals surface area contributed by atoms with Gasteiger partial charge in [0.1, 0.15) is 23.3 Å². The summed E-state index contributed by atoms with van der Waals surface area (Å²) in [6.07, 6.45) is 1.59. The second-order valence-corrected chi connectivity index (χ2v) is 7.86. The normalized spacial score (nSPS) is 11.8. The molecule has 0 fully saturated rings. The topological polar surface area (TPSA) is 115 Å². The van der Waals surface area contributed by atoms with Gasteiger partial charge in [0.15, 0.2) is 0 Å². The standard InChI is InChI=1S/C27H26N6O2/c1-18(32-33-22-11-13-23(35-2)14-12-22)25-26(28)29-17-24(31-25)20-9-6-10-21(15-20)27(34)30-16-19-7-4-3-5-8-19/h3-15,17-18H,16H2,1-2H3,(H2,28,29)(H,30,34). The van der Waals surface area contributed by atoms with Crippen molar-refractivity contribution in [3.63, 3.8) is 0 Å². The molecule has 0 saturated carbocycles. The lowest BCUT2D eigenvalue weighted by atomic mass is 10.1. The largest absolute Gasteiger partial charge is 0.497 e. The number of methoxy groups -OCH3 is 1. The molecule has 35 heavy (non-hydrogen) atoms. The molecule has 0 saturated heterocycles. The minimum Gasteiger partial charge on any atom is -0.497 e. The Morgan fingerprint density at radius 3 is 2.57 bits per heavy atom. The van der Waals surface area contributed by atoms with Gasteiger partial charge in [-0.15, -0.1) is 0 Å². The van der Waals surface area contributed by atoms with Crippen molar-refractivity contribution in [2.24, 2.45) is 10.2 Å². The van der Waals surface area contributed by atoms with Gasteiger partial charge in [0.05, 0.1) is 24.7 Å². The number of carbonyl (C=O) groups is 1. The fourth-order valence-corrected chi connectivity index (χ4v) is 3.42. The molecule has 1 unspecified atom stereocenters. The van der Waals surface area contributed by atoms with E-state index in [2.05, 4.69) is 25.5 Å². The second-order valence-electron chi connectivity index (χ2n) is 7.86. The maximum Gasteiger partial charge on any atom is 0.251 e. The van der Waals surface area contributed by atoms with Crippen LogP contribution in [0.25, 0.3) is 11.3 Å². The molecule has 0 radical (unpaired) electrons. The second kappa shape index (κ2) is 11.0. The number of azo groups is 1. The van der Waals surface area contributed by atoms with Crippen LogP contribution in [-0.2, 0) is 6.54 Å². The SMILES string of the molecule is COc1ccc(N=NC(C)c2nc(-c3cccc(C(=O)NCc4ccccc4)c3)cnc2N)cc1. The number of rotatable bonds is 8. The third-order valence-electron chi connectivity index (χ3n) is 5.36. The fraction of sp³-hybridized carbons (Fsp3) is 0.148. The van der Waals surface area contributed by atoms with Crippen molar-refractivity contribution >= 4 is 17.4 Å². The maximum atomic E-state index is 12.7. The fourth-order valence-electron chi connectivity index (χ4n) is 3.42. The van der Waals surface area contributed by atoms with Crippen LogP contribution >= 0.6 is 0 Å². The molecule has 176 valence electrons. The molecular formula is C27H26N6O2. The summed E-state index contributed by atoms with van der Waals surface area (Å²) in [4.78, 5) is 21.7. The van der Waals surface area contributed by atoms with Gasteiger partial charge in [0.25, 0.3) is 5.91 Å². The van der Waals surface area contributed by atoms with E-state index in [1.807, 2.05) is 73.7 Å². The van der Waals surface area contributed by atoms with Crippen LogP contribution in [0.3, 0.4) is 0 Å². The summed E-state index contributed by atoms with van der Waals surface area (Å²) in [7, 11) is 1.61. The number of ether oxygens (including phenoxy) is 1. The van der Waals surface area contributed by atoms with Gasteiger partial charge in [-0.05, 0) is 48.9 Å². The molecule has 1 amide bonds. The zero-order valence-corrected chi connectivity index (χ0v) is 19.6. The molecule has 8 heteroatoms. The van der Waals surface area contributed by atoms with E-state index in [4.69, 9.17) is 10.5 Å². The predicted octanol–water partition coefficient (Wildman–Crippen LogP) is 5.51. The zero-order chi connectivity index (χ0) is 24.6. The number of hydrogen-bond acceptors (Lipinski definition) is 7. The highest BCUT2D eigenvalue weighted by atomic mass is 16.5. The number of nitrogens with one attached hydrogen (secondary N) is 1. The molecule has 0 bridgehead atoms. The Morgan fingerprint density at radius 2 is 1.83 bits per heavy atom. The highest BCUT2D eigenvalue weighted by Crippen LogP contribution is 2.26. The molecule has 3 aromatic carbocycles. The van der Waals surface area contributed by atoms with Crippen LogP contribution in [0.2, 0.25) is 0 Å². The Hall–Kier alpha value is -4.59. The quantitative estimate of drug-likeness (QED) is 0.332. The van der Waals surface area contributed by atoms with Gasteiger partial charge in [-0.2, -0.15) is 10.2 Å². The molecule has 8 nitrogen and oxygen atoms in total. The van der Waals surface area contributed by atoms with Crippen LogP contribution in [-0.4, -0.2) is 23.0 Å². The van der Waals surface area contributed by atoms with E-state index in [1.54, 1.807) is 25.4 Å². The third-order valence-corrected chi connectivity index (χ3v) is 5.36. The van der Waals surface area contributed by atoms with Gasteiger partial charge in [-0.1, -0.05) is 42.5 Å². The van der Waals surface area contributed by atoms with E-state index in [-0.39, 0.29) is 11.7 Å². The Balaban J connectivity index is 1.50. The Kier molecular flexibility index (Phi) is 7.42. The lowest BCUT2D eigenvalue weighted by Crippen LogP contribution is -2.22. The van der Waals surface area contributed by atoms with Gasteiger partial charge in [-0.3, -0.25) is 4.79 Å². The van der Waals surface area contributed by atoms with E-state index in [1.165, 1.54) is 0 Å². The third kappa shape index (κ3) is 6.05. The molecular weight excluding hydrogens is 440 g/mol. The van der Waals surface area contributed by atoms with E-state index in [9.17, 15) is 4.79 Å². The number of amides is 1. The van der Waals surface area contributed by atoms with Crippen molar-refractivity contribution in [3.05, 3.63) is 102 Å². The monoisotopic (exact) mass is 466 g/mol. The summed E-state index contributed by atoms with van der Waals surface area (Å²) in [5.41, 5.74) is 10.2. The molecule has 1 heterocycles. The molecule has 1 aromatic heterocycles. The smallest absolute Gasteiger partial charge is 0.251 e. The Labute approximate surface area is 203 Å². The first-order valence-electron chi connectivity index (χ1n) is 11.1. The molecule has 3 N–H and O–H groups in total. The number of nitrogens with two attached hydrogens (primary N) is 1. The first-order valence-corrected chi connectivity index (χ1v) is 11.1. The number of nitrogen functional groups attached to an aromatic ring is 1. The summed E-state index contributed by atoms with van der Waals surface area (Å²) in [5.74, 6) is 0.864. The number of aromatic nitrogens is 2. The summed E-state index contributed by atoms with van der Waals surface area (Å²) < 4.78 is 5.16. The van der Waals surface area contributed by atoms with Gasteiger partial charge in [-0.25, -0.2) is 9.97 Å². The number of hydrogen-bond donors (Lipinski definition) is 2. The molecule has 1 atom stereocenters. The van der Waals surface area contributed by atoms with Crippen LogP contribution in [0, 0.1) is 0 Å². The first kappa shape index (κ1) is 23.6. The van der Waals surface area contributed by atoms with Gasteiger partial charge < -0.3 is 15.8 Å². The van der Waals surface area contributed by atoms with Crippen molar-refractivity contribution in [3.8, 4) is 17.0 Å². The number of anilines is 1. The minimum atomic E-state index is -0.415. The first-order chi connectivity index (χ1) is 17.0. The minimum absolute atomic E-state index is 0.166. The van der Waals surface area contributed by atoms with E-state index >= 15 is 0 Å². The van der Waals surface area contributed by atoms with Gasteiger partial charge >= 0.3 is 0 Å². The molecule has 4 rings (SSSR count). The lowest BCUT2D eigenvalue weighted by Gasteiger charge is -2.11. The van der Waals surface area contributed by atoms with Crippen molar-refractivity contribution in [1.29, 1.82) is 0 Å². The van der Waals surface area contributed by atoms with Crippen molar-refractivity contribution in [1.82, 2.24) is 15.3 Å². The molecule has 0 aliphatic heterocycles. The number of carbonyl (C=O) groups excluding carboxylic acids is 1.